The molecular formula is C26H22N4O2S. The fraction of sp³-hybridized carbons (Fsp3) is 0.154. The fourth-order valence-corrected chi connectivity index (χ4v) is 4.44. The van der Waals surface area contributed by atoms with Gasteiger partial charge in [0.05, 0.1) is 34.0 Å². The Kier molecular flexibility index (Phi) is 6.86. The van der Waals surface area contributed by atoms with E-state index in [0.717, 1.165) is 5.56 Å². The number of hydrogen-bond donors (Lipinski definition) is 0. The molecule has 1 heterocycles. The van der Waals surface area contributed by atoms with E-state index in [-0.39, 0.29) is 17.2 Å². The van der Waals surface area contributed by atoms with Crippen LogP contribution in [-0.4, -0.2) is 32.7 Å². The van der Waals surface area contributed by atoms with Crippen molar-refractivity contribution in [2.75, 3.05) is 12.3 Å². The predicted octanol–water partition coefficient (Wildman–Crippen LogP) is 4.40. The molecule has 0 aliphatic rings. The first kappa shape index (κ1) is 22.3. The van der Waals surface area contributed by atoms with Crippen LogP contribution in [0.3, 0.4) is 0 Å². The average molecular weight is 455 g/mol. The van der Waals surface area contributed by atoms with Gasteiger partial charge in [-0.1, -0.05) is 54.2 Å². The Morgan fingerprint density at radius 2 is 1.73 bits per heavy atom. The second-order valence-electron chi connectivity index (χ2n) is 7.39. The van der Waals surface area contributed by atoms with Crippen molar-refractivity contribution in [3.05, 3.63) is 100 Å². The SMILES string of the molecule is CCN(Cc1ccccc1)C(=O)CSc1nc2ccccc2c(=O)n1-c1ccc(C#N)cc1. The summed E-state index contributed by atoms with van der Waals surface area (Å²) in [5, 5.41) is 10.0. The normalized spacial score (nSPS) is 10.7. The maximum atomic E-state index is 13.3. The first-order valence-electron chi connectivity index (χ1n) is 10.6. The molecule has 0 N–H and O–H groups in total. The van der Waals surface area contributed by atoms with Gasteiger partial charge in [-0.15, -0.1) is 0 Å². The molecule has 4 rings (SSSR count). The van der Waals surface area contributed by atoms with Crippen molar-refractivity contribution in [3.63, 3.8) is 0 Å². The van der Waals surface area contributed by atoms with Crippen molar-refractivity contribution >= 4 is 28.6 Å². The summed E-state index contributed by atoms with van der Waals surface area (Å²) >= 11 is 1.24. The van der Waals surface area contributed by atoms with Gasteiger partial charge in [0.2, 0.25) is 5.91 Å². The Hall–Kier alpha value is -3.89. The Bertz CT molecular complexity index is 1380. The number of benzene rings is 3. The van der Waals surface area contributed by atoms with E-state index in [9.17, 15) is 9.59 Å². The van der Waals surface area contributed by atoms with Crippen LogP contribution >= 0.6 is 11.8 Å². The molecule has 6 nitrogen and oxygen atoms in total. The monoisotopic (exact) mass is 454 g/mol. The predicted molar refractivity (Wildman–Crippen MR) is 130 cm³/mol. The number of amides is 1. The minimum atomic E-state index is -0.211. The lowest BCUT2D eigenvalue weighted by Crippen LogP contribution is -2.32. The van der Waals surface area contributed by atoms with Crippen molar-refractivity contribution < 1.29 is 4.79 Å². The number of thioether (sulfide) groups is 1. The topological polar surface area (TPSA) is 79.0 Å². The zero-order chi connectivity index (χ0) is 23.2. The highest BCUT2D eigenvalue weighted by Gasteiger charge is 2.17. The van der Waals surface area contributed by atoms with Gasteiger partial charge < -0.3 is 4.90 Å². The Morgan fingerprint density at radius 1 is 1.03 bits per heavy atom. The van der Waals surface area contributed by atoms with Gasteiger partial charge in [0.15, 0.2) is 5.16 Å². The third-order valence-electron chi connectivity index (χ3n) is 5.27. The van der Waals surface area contributed by atoms with Gasteiger partial charge in [-0.05, 0) is 48.9 Å². The Balaban J connectivity index is 1.65. The van der Waals surface area contributed by atoms with E-state index < -0.39 is 0 Å². The van der Waals surface area contributed by atoms with Crippen molar-refractivity contribution in [2.45, 2.75) is 18.6 Å². The highest BCUT2D eigenvalue weighted by Crippen LogP contribution is 2.22. The smallest absolute Gasteiger partial charge is 0.266 e. The summed E-state index contributed by atoms with van der Waals surface area (Å²) in [6.07, 6.45) is 0. The van der Waals surface area contributed by atoms with Crippen molar-refractivity contribution in [3.8, 4) is 11.8 Å². The largest absolute Gasteiger partial charge is 0.338 e. The summed E-state index contributed by atoms with van der Waals surface area (Å²) in [7, 11) is 0. The molecule has 0 spiro atoms. The van der Waals surface area contributed by atoms with E-state index in [4.69, 9.17) is 5.26 Å². The third kappa shape index (κ3) is 4.97. The molecule has 0 saturated carbocycles. The lowest BCUT2D eigenvalue weighted by molar-refractivity contribution is -0.128. The number of carbonyl (C=O) groups is 1. The number of rotatable bonds is 7. The van der Waals surface area contributed by atoms with Crippen molar-refractivity contribution in [1.82, 2.24) is 14.5 Å². The van der Waals surface area contributed by atoms with Crippen LogP contribution in [0.25, 0.3) is 16.6 Å². The fourth-order valence-electron chi connectivity index (χ4n) is 3.52. The molecule has 1 amide bonds. The van der Waals surface area contributed by atoms with E-state index in [2.05, 4.69) is 11.1 Å². The lowest BCUT2D eigenvalue weighted by Gasteiger charge is -2.21. The van der Waals surface area contributed by atoms with Gasteiger partial charge in [-0.25, -0.2) is 4.98 Å². The summed E-state index contributed by atoms with van der Waals surface area (Å²) in [5.41, 5.74) is 2.54. The molecule has 0 unspecified atom stereocenters. The highest BCUT2D eigenvalue weighted by atomic mass is 32.2. The van der Waals surface area contributed by atoms with E-state index in [1.807, 2.05) is 43.3 Å². The molecule has 0 fully saturated rings. The Labute approximate surface area is 196 Å². The summed E-state index contributed by atoms with van der Waals surface area (Å²) in [4.78, 5) is 32.8. The molecule has 0 saturated heterocycles. The van der Waals surface area contributed by atoms with Crippen molar-refractivity contribution in [1.29, 1.82) is 5.26 Å². The molecule has 0 aliphatic carbocycles. The molecule has 4 aromatic rings. The summed E-state index contributed by atoms with van der Waals surface area (Å²) < 4.78 is 1.51. The maximum absolute atomic E-state index is 13.3. The zero-order valence-corrected chi connectivity index (χ0v) is 19.0. The van der Waals surface area contributed by atoms with Crippen LogP contribution < -0.4 is 5.56 Å². The second kappa shape index (κ2) is 10.2. The molecule has 0 radical (unpaired) electrons. The molecule has 0 atom stereocenters. The number of hydrogen-bond acceptors (Lipinski definition) is 5. The molecule has 1 aromatic heterocycles. The van der Waals surface area contributed by atoms with Gasteiger partial charge >= 0.3 is 0 Å². The van der Waals surface area contributed by atoms with Crippen LogP contribution in [0.2, 0.25) is 0 Å². The number of para-hydroxylation sites is 1. The number of fused-ring (bicyclic) bond motifs is 1. The minimum absolute atomic E-state index is 0.0276. The van der Waals surface area contributed by atoms with E-state index in [1.54, 1.807) is 47.4 Å². The van der Waals surface area contributed by atoms with Crippen molar-refractivity contribution in [2.24, 2.45) is 0 Å². The van der Waals surface area contributed by atoms with E-state index in [0.29, 0.717) is 40.4 Å². The highest BCUT2D eigenvalue weighted by molar-refractivity contribution is 7.99. The van der Waals surface area contributed by atoms with E-state index >= 15 is 0 Å². The first-order chi connectivity index (χ1) is 16.1. The van der Waals surface area contributed by atoms with Gasteiger partial charge in [0.1, 0.15) is 0 Å². The third-order valence-corrected chi connectivity index (χ3v) is 6.20. The van der Waals surface area contributed by atoms with Gasteiger partial charge in [0, 0.05) is 13.1 Å². The molecule has 3 aromatic carbocycles. The summed E-state index contributed by atoms with van der Waals surface area (Å²) in [6, 6.07) is 25.9. The molecule has 164 valence electrons. The van der Waals surface area contributed by atoms with Crippen LogP contribution in [0.15, 0.2) is 88.8 Å². The minimum Gasteiger partial charge on any atom is -0.338 e. The molecular weight excluding hydrogens is 432 g/mol. The number of carbonyl (C=O) groups excluding carboxylic acids is 1. The first-order valence-corrected chi connectivity index (χ1v) is 11.6. The number of nitriles is 1. The van der Waals surface area contributed by atoms with Crippen LogP contribution in [0.1, 0.15) is 18.1 Å². The van der Waals surface area contributed by atoms with Crippen LogP contribution in [-0.2, 0) is 11.3 Å². The second-order valence-corrected chi connectivity index (χ2v) is 8.34. The molecule has 0 bridgehead atoms. The van der Waals surface area contributed by atoms with Gasteiger partial charge in [-0.3, -0.25) is 14.2 Å². The average Bonchev–Trinajstić information content (AvgIpc) is 2.86. The Morgan fingerprint density at radius 3 is 2.42 bits per heavy atom. The molecule has 7 heteroatoms. The lowest BCUT2D eigenvalue weighted by atomic mass is 10.2. The maximum Gasteiger partial charge on any atom is 0.266 e. The van der Waals surface area contributed by atoms with Crippen LogP contribution in [0, 0.1) is 11.3 Å². The molecule has 0 aliphatic heterocycles. The number of nitrogens with zero attached hydrogens (tertiary/aromatic N) is 4. The van der Waals surface area contributed by atoms with Gasteiger partial charge in [0.25, 0.3) is 5.56 Å². The van der Waals surface area contributed by atoms with Crippen LogP contribution in [0.4, 0.5) is 0 Å². The van der Waals surface area contributed by atoms with Gasteiger partial charge in [-0.2, -0.15) is 5.26 Å². The number of aromatic nitrogens is 2. The summed E-state index contributed by atoms with van der Waals surface area (Å²) in [5.74, 6) is 0.127. The quantitative estimate of drug-likeness (QED) is 0.306. The standard InChI is InChI=1S/C26H22N4O2S/c1-2-29(17-20-8-4-3-5-9-20)24(31)18-33-26-28-23-11-7-6-10-22(23)25(32)30(26)21-14-12-19(16-27)13-15-21/h3-15H,2,17-18H2,1H3. The zero-order valence-electron chi connectivity index (χ0n) is 18.1. The van der Waals surface area contributed by atoms with E-state index in [1.165, 1.54) is 16.3 Å². The molecule has 33 heavy (non-hydrogen) atoms. The van der Waals surface area contributed by atoms with Crippen LogP contribution in [0.5, 0.6) is 0 Å². The summed E-state index contributed by atoms with van der Waals surface area (Å²) in [6.45, 7) is 3.07.